The van der Waals surface area contributed by atoms with Crippen molar-refractivity contribution in [2.75, 3.05) is 6.79 Å². The Balaban J connectivity index is 1.50. The van der Waals surface area contributed by atoms with Crippen molar-refractivity contribution >= 4 is 11.0 Å². The third kappa shape index (κ3) is 2.67. The van der Waals surface area contributed by atoms with E-state index in [9.17, 15) is 13.2 Å². The Hall–Kier alpha value is -3.49. The number of halogens is 3. The molecule has 6 nitrogen and oxygen atoms in total. The highest BCUT2D eigenvalue weighted by Crippen LogP contribution is 2.36. The first-order valence-corrected chi connectivity index (χ1v) is 8.00. The molecule has 0 saturated heterocycles. The Morgan fingerprint density at radius 2 is 1.81 bits per heavy atom. The first kappa shape index (κ1) is 15.7. The molecule has 2 aromatic heterocycles. The Kier molecular flexibility index (Phi) is 3.21. The van der Waals surface area contributed by atoms with Gasteiger partial charge in [-0.15, -0.1) is 0 Å². The Morgan fingerprint density at radius 3 is 2.67 bits per heavy atom. The smallest absolute Gasteiger partial charge is 0.416 e. The second-order valence-electron chi connectivity index (χ2n) is 6.05. The van der Waals surface area contributed by atoms with E-state index in [1.165, 1.54) is 6.07 Å². The van der Waals surface area contributed by atoms with E-state index in [2.05, 4.69) is 20.2 Å². The summed E-state index contributed by atoms with van der Waals surface area (Å²) in [6.07, 6.45) is -4.40. The number of aromatic nitrogens is 4. The number of nitrogens with one attached hydrogen (secondary N) is 2. The maximum absolute atomic E-state index is 12.9. The van der Waals surface area contributed by atoms with E-state index in [0.29, 0.717) is 39.7 Å². The summed E-state index contributed by atoms with van der Waals surface area (Å²) in [5.74, 6) is 1.72. The van der Waals surface area contributed by atoms with Crippen molar-refractivity contribution in [3.63, 3.8) is 0 Å². The molecule has 2 aromatic carbocycles. The zero-order valence-electron chi connectivity index (χ0n) is 13.6. The van der Waals surface area contributed by atoms with Crippen molar-refractivity contribution in [1.29, 1.82) is 0 Å². The van der Waals surface area contributed by atoms with Crippen LogP contribution in [0, 0.1) is 0 Å². The van der Waals surface area contributed by atoms with Gasteiger partial charge in [0.05, 0.1) is 22.3 Å². The minimum absolute atomic E-state index is 0.184. The molecular formula is C18H11F3N4O2. The van der Waals surface area contributed by atoms with Crippen LogP contribution < -0.4 is 9.47 Å². The van der Waals surface area contributed by atoms with Crippen LogP contribution in [0.1, 0.15) is 5.56 Å². The van der Waals surface area contributed by atoms with Crippen molar-refractivity contribution in [2.24, 2.45) is 0 Å². The van der Waals surface area contributed by atoms with Gasteiger partial charge in [-0.05, 0) is 42.5 Å². The molecule has 0 bridgehead atoms. The van der Waals surface area contributed by atoms with Gasteiger partial charge in [0.1, 0.15) is 5.69 Å². The van der Waals surface area contributed by atoms with Gasteiger partial charge in [-0.3, -0.25) is 5.10 Å². The molecule has 27 heavy (non-hydrogen) atoms. The Labute approximate surface area is 150 Å². The molecular weight excluding hydrogens is 361 g/mol. The summed E-state index contributed by atoms with van der Waals surface area (Å²) in [7, 11) is 0. The summed E-state index contributed by atoms with van der Waals surface area (Å²) in [6, 6.07) is 10.6. The molecule has 0 unspecified atom stereocenters. The number of nitrogens with zero attached hydrogens (tertiary/aromatic N) is 2. The van der Waals surface area contributed by atoms with Crippen molar-refractivity contribution in [1.82, 2.24) is 20.2 Å². The van der Waals surface area contributed by atoms with E-state index in [-0.39, 0.29) is 6.79 Å². The maximum atomic E-state index is 12.9. The lowest BCUT2D eigenvalue weighted by Gasteiger charge is -2.05. The van der Waals surface area contributed by atoms with E-state index in [0.717, 1.165) is 17.7 Å². The van der Waals surface area contributed by atoms with E-state index in [1.807, 2.05) is 12.1 Å². The summed E-state index contributed by atoms with van der Waals surface area (Å²) in [4.78, 5) is 7.24. The molecule has 1 aliphatic rings. The molecule has 0 atom stereocenters. The van der Waals surface area contributed by atoms with Gasteiger partial charge in [0.25, 0.3) is 0 Å². The van der Waals surface area contributed by atoms with E-state index in [4.69, 9.17) is 9.47 Å². The predicted octanol–water partition coefficient (Wildman–Crippen LogP) is 4.37. The van der Waals surface area contributed by atoms with Gasteiger partial charge < -0.3 is 14.5 Å². The van der Waals surface area contributed by atoms with E-state index < -0.39 is 11.7 Å². The van der Waals surface area contributed by atoms with Crippen LogP contribution in [0.25, 0.3) is 33.8 Å². The molecule has 0 radical (unpaired) electrons. The van der Waals surface area contributed by atoms with Gasteiger partial charge in [-0.1, -0.05) is 0 Å². The lowest BCUT2D eigenvalue weighted by Crippen LogP contribution is -2.04. The normalized spacial score (nSPS) is 13.4. The molecule has 1 aliphatic heterocycles. The fourth-order valence-electron chi connectivity index (χ4n) is 2.96. The summed E-state index contributed by atoms with van der Waals surface area (Å²) >= 11 is 0. The first-order chi connectivity index (χ1) is 13.0. The number of fused-ring (bicyclic) bond motifs is 2. The van der Waals surface area contributed by atoms with Gasteiger partial charge >= 0.3 is 6.18 Å². The van der Waals surface area contributed by atoms with Gasteiger partial charge in [-0.2, -0.15) is 18.3 Å². The van der Waals surface area contributed by atoms with Crippen LogP contribution in [0.5, 0.6) is 11.5 Å². The molecule has 4 aromatic rings. The largest absolute Gasteiger partial charge is 0.454 e. The van der Waals surface area contributed by atoms with E-state index >= 15 is 0 Å². The van der Waals surface area contributed by atoms with Gasteiger partial charge in [0.15, 0.2) is 17.3 Å². The maximum Gasteiger partial charge on any atom is 0.416 e. The highest BCUT2D eigenvalue weighted by atomic mass is 19.4. The third-order valence-corrected chi connectivity index (χ3v) is 4.31. The van der Waals surface area contributed by atoms with Crippen molar-refractivity contribution in [3.8, 4) is 34.3 Å². The standard InChI is InChI=1S/C18H11F3N4O2/c19-18(20,21)10-2-3-11-13(6-10)23-17(22-11)14-7-12(24-25-14)9-1-4-15-16(5-9)27-8-26-15/h1-7H,8H2,(H,22,23)(H,24,25). The number of hydrogen-bond acceptors (Lipinski definition) is 4. The number of ether oxygens (including phenoxy) is 2. The molecule has 0 amide bonds. The molecule has 0 aliphatic carbocycles. The minimum atomic E-state index is -4.40. The molecule has 3 heterocycles. The van der Waals surface area contributed by atoms with Crippen LogP contribution in [0.4, 0.5) is 13.2 Å². The SMILES string of the molecule is FC(F)(F)c1ccc2nc(-c3cc(-c4ccc5c(c4)OCO5)n[nH]3)[nH]c2c1. The highest BCUT2D eigenvalue weighted by Gasteiger charge is 2.30. The number of benzene rings is 2. The van der Waals surface area contributed by atoms with Crippen LogP contribution in [0.15, 0.2) is 42.5 Å². The predicted molar refractivity (Wildman–Crippen MR) is 90.2 cm³/mol. The summed E-state index contributed by atoms with van der Waals surface area (Å²) in [5.41, 5.74) is 2.05. The quantitative estimate of drug-likeness (QED) is 0.548. The fraction of sp³-hybridized carbons (Fsp3) is 0.111. The van der Waals surface area contributed by atoms with Crippen molar-refractivity contribution < 1.29 is 22.6 Å². The average Bonchev–Trinajstić information content (AvgIpc) is 3.37. The molecule has 5 rings (SSSR count). The number of aromatic amines is 2. The monoisotopic (exact) mass is 372 g/mol. The van der Waals surface area contributed by atoms with Crippen LogP contribution in [-0.4, -0.2) is 27.0 Å². The molecule has 0 spiro atoms. The zero-order chi connectivity index (χ0) is 18.6. The van der Waals surface area contributed by atoms with Crippen LogP contribution in [0.2, 0.25) is 0 Å². The molecule has 9 heteroatoms. The number of H-pyrrole nitrogens is 2. The van der Waals surface area contributed by atoms with E-state index in [1.54, 1.807) is 12.1 Å². The third-order valence-electron chi connectivity index (χ3n) is 4.31. The lowest BCUT2D eigenvalue weighted by molar-refractivity contribution is -0.137. The van der Waals surface area contributed by atoms with Crippen molar-refractivity contribution in [3.05, 3.63) is 48.0 Å². The van der Waals surface area contributed by atoms with Crippen LogP contribution in [0.3, 0.4) is 0 Å². The average molecular weight is 372 g/mol. The van der Waals surface area contributed by atoms with Gasteiger partial charge in [0.2, 0.25) is 6.79 Å². The summed E-state index contributed by atoms with van der Waals surface area (Å²) in [6.45, 7) is 0.184. The summed E-state index contributed by atoms with van der Waals surface area (Å²) in [5, 5.41) is 7.11. The lowest BCUT2D eigenvalue weighted by atomic mass is 10.1. The molecule has 0 saturated carbocycles. The number of rotatable bonds is 2. The highest BCUT2D eigenvalue weighted by molar-refractivity contribution is 5.80. The summed E-state index contributed by atoms with van der Waals surface area (Å²) < 4.78 is 49.2. The number of hydrogen-bond donors (Lipinski definition) is 2. The second kappa shape index (κ2) is 5.50. The minimum Gasteiger partial charge on any atom is -0.454 e. The van der Waals surface area contributed by atoms with Gasteiger partial charge in [0, 0.05) is 5.56 Å². The molecule has 136 valence electrons. The van der Waals surface area contributed by atoms with Crippen molar-refractivity contribution in [2.45, 2.75) is 6.18 Å². The molecule has 0 fully saturated rings. The topological polar surface area (TPSA) is 75.8 Å². The van der Waals surface area contributed by atoms with Crippen LogP contribution in [-0.2, 0) is 6.18 Å². The first-order valence-electron chi connectivity index (χ1n) is 8.00. The fourth-order valence-corrected chi connectivity index (χ4v) is 2.96. The molecule has 2 N–H and O–H groups in total. The number of alkyl halides is 3. The Bertz CT molecular complexity index is 1160. The number of imidazole rings is 1. The second-order valence-corrected chi connectivity index (χ2v) is 6.05. The van der Waals surface area contributed by atoms with Crippen LogP contribution >= 0.6 is 0 Å². The zero-order valence-corrected chi connectivity index (χ0v) is 13.6. The Morgan fingerprint density at radius 1 is 0.963 bits per heavy atom. The van der Waals surface area contributed by atoms with Gasteiger partial charge in [-0.25, -0.2) is 4.98 Å².